The van der Waals surface area contributed by atoms with E-state index in [-0.39, 0.29) is 0 Å². The summed E-state index contributed by atoms with van der Waals surface area (Å²) in [4.78, 5) is 0. The van der Waals surface area contributed by atoms with Gasteiger partial charge in [0.25, 0.3) is 0 Å². The number of benzene rings is 2. The molecule has 0 aliphatic rings. The summed E-state index contributed by atoms with van der Waals surface area (Å²) in [5.74, 6) is 0. The first kappa shape index (κ1) is 11.3. The molecule has 0 unspecified atom stereocenters. The average Bonchev–Trinajstić information content (AvgIpc) is 2.15. The molecule has 0 fully saturated rings. The van der Waals surface area contributed by atoms with Crippen molar-refractivity contribution in [3.05, 3.63) is 51.6 Å². The monoisotopic (exact) mass is 324 g/mol. The van der Waals surface area contributed by atoms with E-state index in [0.717, 1.165) is 22.6 Å². The maximum atomic E-state index is 5.80. The third kappa shape index (κ3) is 2.88. The van der Waals surface area contributed by atoms with Crippen molar-refractivity contribution in [1.82, 2.24) is 0 Å². The highest BCUT2D eigenvalue weighted by molar-refractivity contribution is 14.1. The van der Waals surface area contributed by atoms with E-state index in [1.54, 1.807) is 0 Å². The number of anilines is 3. The van der Waals surface area contributed by atoms with Crippen LogP contribution in [0.15, 0.2) is 42.5 Å². The molecule has 0 saturated carbocycles. The Morgan fingerprint density at radius 3 is 2.56 bits per heavy atom. The first-order valence-corrected chi connectivity index (χ1v) is 6.11. The Balaban J connectivity index is 2.27. The fraction of sp³-hybridized carbons (Fsp3) is 0.0769. The van der Waals surface area contributed by atoms with Crippen LogP contribution in [0.5, 0.6) is 0 Å². The maximum Gasteiger partial charge on any atom is 0.0407 e. The minimum atomic E-state index is 0.785. The summed E-state index contributed by atoms with van der Waals surface area (Å²) in [6.45, 7) is 2.04. The molecule has 16 heavy (non-hydrogen) atoms. The number of halogens is 1. The summed E-state index contributed by atoms with van der Waals surface area (Å²) in [6.07, 6.45) is 0. The van der Waals surface area contributed by atoms with Crippen LogP contribution in [-0.4, -0.2) is 0 Å². The van der Waals surface area contributed by atoms with Crippen LogP contribution >= 0.6 is 22.6 Å². The summed E-state index contributed by atoms with van der Waals surface area (Å²) in [5.41, 5.74) is 9.85. The molecular formula is C13H13IN2. The molecule has 3 heteroatoms. The molecule has 0 aliphatic carbocycles. The number of nitrogen functional groups attached to an aromatic ring is 1. The number of aryl methyl sites for hydroxylation is 1. The Kier molecular flexibility index (Phi) is 3.33. The number of hydrogen-bond acceptors (Lipinski definition) is 2. The second kappa shape index (κ2) is 4.74. The molecule has 0 aliphatic heterocycles. The van der Waals surface area contributed by atoms with Gasteiger partial charge in [0.15, 0.2) is 0 Å². The molecule has 0 heterocycles. The van der Waals surface area contributed by atoms with E-state index >= 15 is 0 Å². The second-order valence-corrected chi connectivity index (χ2v) is 5.01. The van der Waals surface area contributed by atoms with Gasteiger partial charge in [-0.1, -0.05) is 6.07 Å². The molecule has 0 bridgehead atoms. The summed E-state index contributed by atoms with van der Waals surface area (Å²) in [6, 6.07) is 14.2. The first-order chi connectivity index (χ1) is 7.63. The molecule has 0 saturated heterocycles. The van der Waals surface area contributed by atoms with Crippen molar-refractivity contribution in [2.75, 3.05) is 11.1 Å². The van der Waals surface area contributed by atoms with Gasteiger partial charge in [0.1, 0.15) is 0 Å². The third-order valence-electron chi connectivity index (χ3n) is 2.21. The molecule has 2 nitrogen and oxygen atoms in total. The van der Waals surface area contributed by atoms with E-state index in [9.17, 15) is 0 Å². The lowest BCUT2D eigenvalue weighted by atomic mass is 10.2. The lowest BCUT2D eigenvalue weighted by Crippen LogP contribution is -1.93. The van der Waals surface area contributed by atoms with Gasteiger partial charge in [-0.15, -0.1) is 0 Å². The second-order valence-electron chi connectivity index (χ2n) is 3.77. The van der Waals surface area contributed by atoms with Gasteiger partial charge in [0, 0.05) is 20.6 Å². The quantitative estimate of drug-likeness (QED) is 0.649. The SMILES string of the molecule is Cc1cc(N)cc(Nc2cccc(I)c2)c1. The molecule has 0 spiro atoms. The van der Waals surface area contributed by atoms with Crippen molar-refractivity contribution in [2.24, 2.45) is 0 Å². The Morgan fingerprint density at radius 2 is 1.88 bits per heavy atom. The Hall–Kier alpha value is -1.23. The Morgan fingerprint density at radius 1 is 1.06 bits per heavy atom. The van der Waals surface area contributed by atoms with Gasteiger partial charge in [0.2, 0.25) is 0 Å². The molecule has 3 N–H and O–H groups in total. The molecule has 2 aromatic rings. The van der Waals surface area contributed by atoms with Gasteiger partial charge in [-0.25, -0.2) is 0 Å². The van der Waals surface area contributed by atoms with E-state index in [2.05, 4.69) is 46.1 Å². The fourth-order valence-corrected chi connectivity index (χ4v) is 2.16. The number of rotatable bonds is 2. The van der Waals surface area contributed by atoms with Crippen LogP contribution in [0, 0.1) is 10.5 Å². The number of hydrogen-bond donors (Lipinski definition) is 2. The highest BCUT2D eigenvalue weighted by Crippen LogP contribution is 2.21. The molecule has 0 atom stereocenters. The zero-order valence-electron chi connectivity index (χ0n) is 9.00. The lowest BCUT2D eigenvalue weighted by molar-refractivity contribution is 1.45. The van der Waals surface area contributed by atoms with Crippen LogP contribution in [0.2, 0.25) is 0 Å². The maximum absolute atomic E-state index is 5.80. The van der Waals surface area contributed by atoms with Gasteiger partial charge in [-0.05, 0) is 71.5 Å². The van der Waals surface area contributed by atoms with Crippen LogP contribution in [0.25, 0.3) is 0 Å². The summed E-state index contributed by atoms with van der Waals surface area (Å²) in [7, 11) is 0. The van der Waals surface area contributed by atoms with Crippen molar-refractivity contribution in [3.8, 4) is 0 Å². The van der Waals surface area contributed by atoms with Gasteiger partial charge >= 0.3 is 0 Å². The molecule has 2 rings (SSSR count). The standard InChI is InChI=1S/C13H13IN2/c1-9-5-11(15)8-13(6-9)16-12-4-2-3-10(14)7-12/h2-8,16H,15H2,1H3. The predicted octanol–water partition coefficient (Wildman–Crippen LogP) is 3.93. The minimum Gasteiger partial charge on any atom is -0.399 e. The first-order valence-electron chi connectivity index (χ1n) is 5.03. The Bertz CT molecular complexity index is 489. The van der Waals surface area contributed by atoms with E-state index in [4.69, 9.17) is 5.73 Å². The average molecular weight is 324 g/mol. The van der Waals surface area contributed by atoms with Crippen molar-refractivity contribution < 1.29 is 0 Å². The fourth-order valence-electron chi connectivity index (χ4n) is 1.62. The zero-order valence-corrected chi connectivity index (χ0v) is 11.2. The zero-order chi connectivity index (χ0) is 11.5. The third-order valence-corrected chi connectivity index (χ3v) is 2.88. The smallest absolute Gasteiger partial charge is 0.0407 e. The van der Waals surface area contributed by atoms with Gasteiger partial charge < -0.3 is 11.1 Å². The molecule has 82 valence electrons. The van der Waals surface area contributed by atoms with Crippen molar-refractivity contribution >= 4 is 39.7 Å². The summed E-state index contributed by atoms with van der Waals surface area (Å²) < 4.78 is 1.21. The van der Waals surface area contributed by atoms with Gasteiger partial charge in [0.05, 0.1) is 0 Å². The van der Waals surface area contributed by atoms with Crippen molar-refractivity contribution in [1.29, 1.82) is 0 Å². The van der Waals surface area contributed by atoms with E-state index < -0.39 is 0 Å². The van der Waals surface area contributed by atoms with Crippen molar-refractivity contribution in [2.45, 2.75) is 6.92 Å². The minimum absolute atomic E-state index is 0.785. The normalized spacial score (nSPS) is 10.1. The van der Waals surface area contributed by atoms with Gasteiger partial charge in [-0.2, -0.15) is 0 Å². The lowest BCUT2D eigenvalue weighted by Gasteiger charge is -2.08. The van der Waals surface area contributed by atoms with Crippen LogP contribution in [0.1, 0.15) is 5.56 Å². The molecule has 0 amide bonds. The molecule has 0 radical (unpaired) electrons. The van der Waals surface area contributed by atoms with E-state index in [0.29, 0.717) is 0 Å². The predicted molar refractivity (Wildman–Crippen MR) is 78.0 cm³/mol. The van der Waals surface area contributed by atoms with Gasteiger partial charge in [-0.3, -0.25) is 0 Å². The molecule has 0 aromatic heterocycles. The largest absolute Gasteiger partial charge is 0.399 e. The van der Waals surface area contributed by atoms with Crippen LogP contribution in [0.3, 0.4) is 0 Å². The highest BCUT2D eigenvalue weighted by atomic mass is 127. The van der Waals surface area contributed by atoms with E-state index in [1.807, 2.05) is 31.2 Å². The molecule has 2 aromatic carbocycles. The number of nitrogens with two attached hydrogens (primary N) is 1. The summed E-state index contributed by atoms with van der Waals surface area (Å²) >= 11 is 2.30. The van der Waals surface area contributed by atoms with Crippen LogP contribution in [-0.2, 0) is 0 Å². The number of nitrogens with one attached hydrogen (secondary N) is 1. The topological polar surface area (TPSA) is 38.0 Å². The highest BCUT2D eigenvalue weighted by Gasteiger charge is 1.97. The Labute approximate surface area is 109 Å². The van der Waals surface area contributed by atoms with E-state index in [1.165, 1.54) is 3.57 Å². The van der Waals surface area contributed by atoms with Crippen LogP contribution < -0.4 is 11.1 Å². The summed E-state index contributed by atoms with van der Waals surface area (Å²) in [5, 5.41) is 3.34. The van der Waals surface area contributed by atoms with Crippen LogP contribution in [0.4, 0.5) is 17.1 Å². The van der Waals surface area contributed by atoms with Crippen molar-refractivity contribution in [3.63, 3.8) is 0 Å². The molecular weight excluding hydrogens is 311 g/mol.